The number of ether oxygens (including phenoxy) is 2. The topological polar surface area (TPSA) is 88.6 Å². The molecule has 0 saturated carbocycles. The Labute approximate surface area is 203 Å². The number of anilines is 3. The van der Waals surface area contributed by atoms with Gasteiger partial charge in [-0.25, -0.2) is 9.97 Å². The van der Waals surface area contributed by atoms with Gasteiger partial charge in [-0.15, -0.1) is 0 Å². The van der Waals surface area contributed by atoms with Crippen molar-refractivity contribution in [3.05, 3.63) is 59.4 Å². The lowest BCUT2D eigenvalue weighted by atomic mass is 10.0. The second kappa shape index (κ2) is 10.8. The zero-order chi connectivity index (χ0) is 24.1. The fraction of sp³-hybridized carbons (Fsp3) is 0.320. The predicted octanol–water partition coefficient (Wildman–Crippen LogP) is 4.56. The van der Waals surface area contributed by atoms with E-state index >= 15 is 0 Å². The number of methoxy groups -OCH3 is 2. The fourth-order valence-electron chi connectivity index (χ4n) is 3.84. The molecule has 9 heteroatoms. The van der Waals surface area contributed by atoms with Gasteiger partial charge in [-0.1, -0.05) is 23.7 Å². The summed E-state index contributed by atoms with van der Waals surface area (Å²) >= 11 is 6.27. The van der Waals surface area contributed by atoms with Gasteiger partial charge in [-0.3, -0.25) is 9.69 Å². The van der Waals surface area contributed by atoms with E-state index in [1.807, 2.05) is 37.3 Å². The van der Waals surface area contributed by atoms with Gasteiger partial charge in [0.15, 0.2) is 0 Å². The number of benzene rings is 2. The molecular formula is C25H28ClN5O3. The van der Waals surface area contributed by atoms with Crippen molar-refractivity contribution in [3.8, 4) is 5.75 Å². The van der Waals surface area contributed by atoms with Crippen LogP contribution >= 0.6 is 11.6 Å². The van der Waals surface area contributed by atoms with Crippen molar-refractivity contribution < 1.29 is 14.3 Å². The number of carbonyl (C=O) groups excluding carboxylic acids is 1. The third kappa shape index (κ3) is 5.47. The summed E-state index contributed by atoms with van der Waals surface area (Å²) in [6.07, 6.45) is 6.01. The average molecular weight is 482 g/mol. The van der Waals surface area contributed by atoms with Gasteiger partial charge in [-0.05, 0) is 37.1 Å². The summed E-state index contributed by atoms with van der Waals surface area (Å²) in [6.45, 7) is 4.38. The summed E-state index contributed by atoms with van der Waals surface area (Å²) in [5.41, 5.74) is 3.01. The number of nitrogens with one attached hydrogen (secondary N) is 2. The highest BCUT2D eigenvalue weighted by Gasteiger charge is 2.26. The molecule has 1 aliphatic heterocycles. The van der Waals surface area contributed by atoms with Gasteiger partial charge in [0.05, 0.1) is 24.9 Å². The van der Waals surface area contributed by atoms with Crippen molar-refractivity contribution in [2.24, 2.45) is 0 Å². The molecule has 0 aliphatic carbocycles. The van der Waals surface area contributed by atoms with Crippen molar-refractivity contribution in [2.45, 2.75) is 19.4 Å². The first kappa shape index (κ1) is 23.9. The van der Waals surface area contributed by atoms with Crippen LogP contribution in [0.2, 0.25) is 5.02 Å². The zero-order valence-corrected chi connectivity index (χ0v) is 20.2. The number of carbonyl (C=O) groups is 1. The number of aryl methyl sites for hydroxylation is 1. The van der Waals surface area contributed by atoms with E-state index in [1.165, 1.54) is 6.33 Å². The smallest absolute Gasteiger partial charge is 0.248 e. The first-order chi connectivity index (χ1) is 16.5. The standard InChI is InChI=1S/C25H28ClN5O3/c1-16-6-7-17(11-20(16)26)29-25-19-12-22(23(34-3)13-21(19)27-15-28-25)30-24(32)5-4-9-31-10-8-18(31)14-33-2/h4-7,11-13,15,18H,8-10,14H2,1-3H3,(H,30,32)(H,27,28,29). The molecule has 0 bridgehead atoms. The summed E-state index contributed by atoms with van der Waals surface area (Å²) in [5, 5.41) is 7.60. The number of aromatic nitrogens is 2. The summed E-state index contributed by atoms with van der Waals surface area (Å²) in [4.78, 5) is 23.6. The average Bonchev–Trinajstić information content (AvgIpc) is 2.81. The van der Waals surface area contributed by atoms with Crippen LogP contribution in [0.15, 0.2) is 48.8 Å². The van der Waals surface area contributed by atoms with Crippen LogP contribution in [0, 0.1) is 6.92 Å². The molecule has 0 radical (unpaired) electrons. The molecule has 2 aromatic carbocycles. The molecule has 4 rings (SSSR count). The van der Waals surface area contributed by atoms with Crippen LogP contribution in [0.1, 0.15) is 12.0 Å². The summed E-state index contributed by atoms with van der Waals surface area (Å²) < 4.78 is 10.7. The van der Waals surface area contributed by atoms with E-state index in [2.05, 4.69) is 25.5 Å². The monoisotopic (exact) mass is 481 g/mol. The van der Waals surface area contributed by atoms with E-state index in [9.17, 15) is 4.79 Å². The number of fused-ring (bicyclic) bond motifs is 1. The van der Waals surface area contributed by atoms with Crippen LogP contribution in [-0.2, 0) is 9.53 Å². The van der Waals surface area contributed by atoms with Gasteiger partial charge in [-0.2, -0.15) is 0 Å². The molecule has 34 heavy (non-hydrogen) atoms. The number of amides is 1. The largest absolute Gasteiger partial charge is 0.494 e. The van der Waals surface area contributed by atoms with Gasteiger partial charge in [0.25, 0.3) is 0 Å². The predicted molar refractivity (Wildman–Crippen MR) is 135 cm³/mol. The highest BCUT2D eigenvalue weighted by atomic mass is 35.5. The van der Waals surface area contributed by atoms with Crippen LogP contribution < -0.4 is 15.4 Å². The van der Waals surface area contributed by atoms with Gasteiger partial charge in [0.2, 0.25) is 5.91 Å². The molecular weight excluding hydrogens is 454 g/mol. The van der Waals surface area contributed by atoms with Gasteiger partial charge < -0.3 is 20.1 Å². The molecule has 2 N–H and O–H groups in total. The third-order valence-corrected chi connectivity index (χ3v) is 6.29. The van der Waals surface area contributed by atoms with E-state index < -0.39 is 0 Å². The van der Waals surface area contributed by atoms with Crippen molar-refractivity contribution in [1.82, 2.24) is 14.9 Å². The number of likely N-dealkylation sites (tertiary alicyclic amines) is 1. The van der Waals surface area contributed by atoms with Crippen LogP contribution in [0.25, 0.3) is 10.9 Å². The molecule has 1 amide bonds. The lowest BCUT2D eigenvalue weighted by Gasteiger charge is -2.39. The Balaban J connectivity index is 1.52. The van der Waals surface area contributed by atoms with Gasteiger partial charge in [0.1, 0.15) is 17.9 Å². The van der Waals surface area contributed by atoms with Crippen molar-refractivity contribution in [3.63, 3.8) is 0 Å². The minimum Gasteiger partial charge on any atom is -0.494 e. The highest BCUT2D eigenvalue weighted by Crippen LogP contribution is 2.33. The lowest BCUT2D eigenvalue weighted by molar-refractivity contribution is -0.111. The van der Waals surface area contributed by atoms with Crippen molar-refractivity contribution in [1.29, 1.82) is 0 Å². The quantitative estimate of drug-likeness (QED) is 0.433. The Morgan fingerprint density at radius 1 is 1.26 bits per heavy atom. The minimum atomic E-state index is -0.238. The van der Waals surface area contributed by atoms with Crippen LogP contribution in [0.4, 0.5) is 17.2 Å². The Hall–Kier alpha value is -3.20. The van der Waals surface area contributed by atoms with E-state index in [0.717, 1.165) is 29.6 Å². The van der Waals surface area contributed by atoms with Crippen molar-refractivity contribution in [2.75, 3.05) is 44.5 Å². The van der Waals surface area contributed by atoms with Gasteiger partial charge >= 0.3 is 0 Å². The molecule has 1 saturated heterocycles. The zero-order valence-electron chi connectivity index (χ0n) is 19.5. The van der Waals surface area contributed by atoms with E-state index in [4.69, 9.17) is 21.1 Å². The SMILES string of the molecule is COCC1CCN1CC=CC(=O)Nc1cc2c(Nc3ccc(C)c(Cl)c3)ncnc2cc1OC. The number of halogens is 1. The number of hydrogen-bond acceptors (Lipinski definition) is 7. The molecule has 1 fully saturated rings. The summed E-state index contributed by atoms with van der Waals surface area (Å²) in [5.74, 6) is 0.874. The van der Waals surface area contributed by atoms with Crippen LogP contribution in [-0.4, -0.2) is 60.7 Å². The summed E-state index contributed by atoms with van der Waals surface area (Å²) in [7, 11) is 3.26. The van der Waals surface area contributed by atoms with E-state index in [1.54, 1.807) is 26.4 Å². The van der Waals surface area contributed by atoms with Crippen LogP contribution in [0.3, 0.4) is 0 Å². The fourth-order valence-corrected chi connectivity index (χ4v) is 4.02. The number of rotatable bonds is 9. The van der Waals surface area contributed by atoms with Crippen LogP contribution in [0.5, 0.6) is 5.75 Å². The lowest BCUT2D eigenvalue weighted by Crippen LogP contribution is -2.50. The molecule has 1 aromatic heterocycles. The number of hydrogen-bond donors (Lipinski definition) is 2. The van der Waals surface area contributed by atoms with Crippen molar-refractivity contribution >= 4 is 45.6 Å². The number of nitrogens with zero attached hydrogens (tertiary/aromatic N) is 3. The molecule has 178 valence electrons. The summed E-state index contributed by atoms with van der Waals surface area (Å²) in [6, 6.07) is 9.72. The second-order valence-corrected chi connectivity index (χ2v) is 8.57. The normalized spacial score (nSPS) is 15.9. The van der Waals surface area contributed by atoms with E-state index in [0.29, 0.717) is 47.0 Å². The van der Waals surface area contributed by atoms with Gasteiger partial charge in [0, 0.05) is 54.5 Å². The Morgan fingerprint density at radius 3 is 2.82 bits per heavy atom. The maximum absolute atomic E-state index is 12.6. The maximum Gasteiger partial charge on any atom is 0.248 e. The Bertz CT molecular complexity index is 1220. The third-order valence-electron chi connectivity index (χ3n) is 5.88. The molecule has 2 heterocycles. The molecule has 8 nitrogen and oxygen atoms in total. The first-order valence-corrected chi connectivity index (χ1v) is 11.4. The Kier molecular flexibility index (Phi) is 7.62. The first-order valence-electron chi connectivity index (χ1n) is 11.0. The molecule has 1 atom stereocenters. The second-order valence-electron chi connectivity index (χ2n) is 8.17. The highest BCUT2D eigenvalue weighted by molar-refractivity contribution is 6.31. The Morgan fingerprint density at radius 2 is 2.12 bits per heavy atom. The van der Waals surface area contributed by atoms with E-state index in [-0.39, 0.29) is 5.91 Å². The molecule has 0 spiro atoms. The molecule has 1 aliphatic rings. The maximum atomic E-state index is 12.6. The minimum absolute atomic E-state index is 0.238. The molecule has 3 aromatic rings. The molecule has 1 unspecified atom stereocenters.